The van der Waals surface area contributed by atoms with Gasteiger partial charge >= 0.3 is 11.9 Å². The van der Waals surface area contributed by atoms with Crippen LogP contribution >= 0.6 is 11.8 Å². The van der Waals surface area contributed by atoms with E-state index in [1.807, 2.05) is 0 Å². The van der Waals surface area contributed by atoms with Crippen molar-refractivity contribution in [3.8, 4) is 5.75 Å². The van der Waals surface area contributed by atoms with Gasteiger partial charge in [-0.25, -0.2) is 4.79 Å². The number of phenols is 1. The fourth-order valence-corrected chi connectivity index (χ4v) is 5.32. The van der Waals surface area contributed by atoms with Crippen LogP contribution in [0.4, 0.5) is 0 Å². The van der Waals surface area contributed by atoms with E-state index in [0.717, 1.165) is 11.0 Å². The summed E-state index contributed by atoms with van der Waals surface area (Å²) in [6.45, 7) is 0.891. The highest BCUT2D eigenvalue weighted by Crippen LogP contribution is 2.40. The molecule has 2 aromatic rings. The molecule has 3 atom stereocenters. The number of aromatic hydroxyl groups is 1. The Kier molecular flexibility index (Phi) is 7.52. The van der Waals surface area contributed by atoms with Crippen molar-refractivity contribution < 1.29 is 38.9 Å². The second kappa shape index (κ2) is 10.8. The van der Waals surface area contributed by atoms with Crippen molar-refractivity contribution in [2.24, 2.45) is 0 Å². The van der Waals surface area contributed by atoms with Crippen molar-refractivity contribution in [2.75, 3.05) is 12.4 Å². The van der Waals surface area contributed by atoms with E-state index in [0.29, 0.717) is 0 Å². The number of nitrogens with one attached hydrogen (secondary N) is 3. The second-order valence-electron chi connectivity index (χ2n) is 8.35. The van der Waals surface area contributed by atoms with Crippen LogP contribution in [-0.2, 0) is 23.9 Å². The number of carbonyl (C=O) groups excluding carboxylic acids is 4. The van der Waals surface area contributed by atoms with E-state index < -0.39 is 52.5 Å². The number of carboxylic acids is 1. The molecule has 0 aliphatic carbocycles. The van der Waals surface area contributed by atoms with Crippen LogP contribution in [0.1, 0.15) is 28.9 Å². The van der Waals surface area contributed by atoms with Crippen molar-refractivity contribution in [1.29, 1.82) is 0 Å². The Morgan fingerprint density at radius 1 is 1.18 bits per heavy atom. The van der Waals surface area contributed by atoms with Gasteiger partial charge in [-0.05, 0) is 17.7 Å². The van der Waals surface area contributed by atoms with Gasteiger partial charge in [0.2, 0.25) is 5.91 Å². The molecule has 198 valence electrons. The molecule has 3 heterocycles. The van der Waals surface area contributed by atoms with Gasteiger partial charge in [0.15, 0.2) is 5.43 Å². The Bertz CT molecular complexity index is 1400. The quantitative estimate of drug-likeness (QED) is 0.221. The number of esters is 1. The number of pyridine rings is 1. The minimum atomic E-state index is -1.38. The van der Waals surface area contributed by atoms with Crippen molar-refractivity contribution in [3.63, 3.8) is 0 Å². The maximum atomic E-state index is 13.3. The number of β-lactam (4-membered cyclic amide) rings is 1. The standard InChI is InChI=1S/C24H22N4O9S/c1-11(29)37-9-13-10-38-23-18(22(34)28(23)19(13)24(35)36)27-21(33)17(12-2-4-14(30)5-3-12)26-20(32)15-8-25-7-6-16(15)31/h2-8,17-18,23,30H,9-10H2,1H3,(H,25,31)(H,26,32)(H,27,33)(H,35,36)/t17?,18?,23-/m0/s1. The number of benzene rings is 1. The highest BCUT2D eigenvalue weighted by atomic mass is 32.2. The number of amides is 3. The van der Waals surface area contributed by atoms with E-state index in [2.05, 4.69) is 15.6 Å². The zero-order valence-electron chi connectivity index (χ0n) is 19.8. The van der Waals surface area contributed by atoms with E-state index in [1.54, 1.807) is 0 Å². The first-order valence-corrected chi connectivity index (χ1v) is 12.2. The maximum absolute atomic E-state index is 13.3. The average Bonchev–Trinajstić information content (AvgIpc) is 2.88. The number of hydrogen-bond donors (Lipinski definition) is 5. The van der Waals surface area contributed by atoms with Crippen LogP contribution in [0.25, 0.3) is 0 Å². The Morgan fingerprint density at radius 2 is 1.89 bits per heavy atom. The summed E-state index contributed by atoms with van der Waals surface area (Å²) in [4.78, 5) is 77.8. The summed E-state index contributed by atoms with van der Waals surface area (Å²) >= 11 is 1.18. The van der Waals surface area contributed by atoms with Crippen molar-refractivity contribution in [2.45, 2.75) is 24.4 Å². The van der Waals surface area contributed by atoms with Gasteiger partial charge in [0.05, 0.1) is 0 Å². The Hall–Kier alpha value is -4.59. The number of aromatic amines is 1. The topological polar surface area (TPSA) is 195 Å². The third kappa shape index (κ3) is 5.25. The number of thioether (sulfide) groups is 1. The van der Waals surface area contributed by atoms with Gasteiger partial charge in [-0.15, -0.1) is 11.8 Å². The van der Waals surface area contributed by atoms with E-state index in [9.17, 15) is 39.0 Å². The first-order chi connectivity index (χ1) is 18.1. The molecule has 14 heteroatoms. The third-order valence-corrected chi connectivity index (χ3v) is 7.17. The molecular weight excluding hydrogens is 520 g/mol. The van der Waals surface area contributed by atoms with Crippen LogP contribution in [0.15, 0.2) is 58.8 Å². The van der Waals surface area contributed by atoms with Gasteiger partial charge in [-0.3, -0.25) is 28.9 Å². The number of rotatable bonds is 8. The number of fused-ring (bicyclic) bond motifs is 1. The lowest BCUT2D eigenvalue weighted by molar-refractivity contribution is -0.151. The van der Waals surface area contributed by atoms with E-state index in [4.69, 9.17) is 4.74 Å². The maximum Gasteiger partial charge on any atom is 0.352 e. The smallest absolute Gasteiger partial charge is 0.352 e. The van der Waals surface area contributed by atoms with Crippen molar-refractivity contribution >= 4 is 41.4 Å². The number of carbonyl (C=O) groups is 5. The summed E-state index contributed by atoms with van der Waals surface area (Å²) in [7, 11) is 0. The van der Waals surface area contributed by atoms with Gasteiger partial charge in [-0.1, -0.05) is 12.1 Å². The summed E-state index contributed by atoms with van der Waals surface area (Å²) in [5.74, 6) is -4.25. The predicted octanol–water partition coefficient (Wildman–Crippen LogP) is -0.147. The normalized spacial score (nSPS) is 19.1. The lowest BCUT2D eigenvalue weighted by atomic mass is 10.0. The Morgan fingerprint density at radius 3 is 2.53 bits per heavy atom. The number of hydrogen-bond acceptors (Lipinski definition) is 9. The molecule has 2 aliphatic rings. The number of aliphatic carboxylic acids is 1. The lowest BCUT2D eigenvalue weighted by Gasteiger charge is -2.49. The monoisotopic (exact) mass is 542 g/mol. The molecule has 5 N–H and O–H groups in total. The molecule has 4 rings (SSSR count). The van der Waals surface area contributed by atoms with Crippen LogP contribution < -0.4 is 16.1 Å². The minimum Gasteiger partial charge on any atom is -0.508 e. The zero-order chi connectivity index (χ0) is 27.6. The number of carboxylic acid groups (broad SMARTS) is 1. The van der Waals surface area contributed by atoms with Gasteiger partial charge in [0.1, 0.15) is 41.1 Å². The van der Waals surface area contributed by atoms with E-state index in [1.165, 1.54) is 55.3 Å². The molecule has 38 heavy (non-hydrogen) atoms. The van der Waals surface area contributed by atoms with Crippen LogP contribution in [-0.4, -0.2) is 73.5 Å². The number of aromatic nitrogens is 1. The fourth-order valence-electron chi connectivity index (χ4n) is 3.99. The molecule has 2 aliphatic heterocycles. The minimum absolute atomic E-state index is 0.0836. The van der Waals surface area contributed by atoms with Crippen LogP contribution in [0.3, 0.4) is 0 Å². The van der Waals surface area contributed by atoms with Gasteiger partial charge in [-0.2, -0.15) is 0 Å². The number of ether oxygens (including phenoxy) is 1. The second-order valence-corrected chi connectivity index (χ2v) is 9.46. The highest BCUT2D eigenvalue weighted by molar-refractivity contribution is 8.00. The SMILES string of the molecule is CC(=O)OCC1=C(C(=O)O)N2C(=O)C(NC(=O)C(NC(=O)c3c[nH]ccc3=O)c3ccc(O)cc3)[C@@H]2SC1. The van der Waals surface area contributed by atoms with E-state index in [-0.39, 0.29) is 40.5 Å². The molecule has 3 amide bonds. The summed E-state index contributed by atoms with van der Waals surface area (Å²) in [5.41, 5.74) is -0.622. The molecule has 2 unspecified atom stereocenters. The summed E-state index contributed by atoms with van der Waals surface area (Å²) < 4.78 is 4.90. The predicted molar refractivity (Wildman–Crippen MR) is 132 cm³/mol. The fraction of sp³-hybridized carbons (Fsp3) is 0.250. The lowest BCUT2D eigenvalue weighted by Crippen LogP contribution is -2.71. The van der Waals surface area contributed by atoms with Gasteiger partial charge in [0.25, 0.3) is 11.8 Å². The first-order valence-electron chi connectivity index (χ1n) is 11.2. The molecule has 1 saturated heterocycles. The molecule has 1 aromatic heterocycles. The van der Waals surface area contributed by atoms with Gasteiger partial charge in [0, 0.05) is 36.7 Å². The molecule has 0 spiro atoms. The third-order valence-electron chi connectivity index (χ3n) is 5.83. The molecule has 1 fully saturated rings. The summed E-state index contributed by atoms with van der Waals surface area (Å²) in [6.07, 6.45) is 2.53. The zero-order valence-corrected chi connectivity index (χ0v) is 20.6. The van der Waals surface area contributed by atoms with Crippen molar-refractivity contribution in [3.05, 3.63) is 75.3 Å². The highest BCUT2D eigenvalue weighted by Gasteiger charge is 2.54. The number of H-pyrrole nitrogens is 1. The van der Waals surface area contributed by atoms with Crippen molar-refractivity contribution in [1.82, 2.24) is 20.5 Å². The van der Waals surface area contributed by atoms with Gasteiger partial charge < -0.3 is 30.6 Å². The molecule has 1 aromatic carbocycles. The molecule has 0 radical (unpaired) electrons. The number of phenolic OH excluding ortho intramolecular Hbond substituents is 1. The average molecular weight is 543 g/mol. The molecule has 13 nitrogen and oxygen atoms in total. The molecule has 0 bridgehead atoms. The largest absolute Gasteiger partial charge is 0.508 e. The molecule has 0 saturated carbocycles. The summed E-state index contributed by atoms with van der Waals surface area (Å²) in [5, 5.41) is 23.6. The Labute approximate surface area is 218 Å². The number of nitrogens with zero attached hydrogens (tertiary/aromatic N) is 1. The van der Waals surface area contributed by atoms with E-state index >= 15 is 0 Å². The van der Waals surface area contributed by atoms with Crippen LogP contribution in [0, 0.1) is 0 Å². The first kappa shape index (κ1) is 26.5. The van der Waals surface area contributed by atoms with Crippen LogP contribution in [0.2, 0.25) is 0 Å². The molecular formula is C24H22N4O9S. The Balaban J connectivity index is 1.55. The van der Waals surface area contributed by atoms with Crippen LogP contribution in [0.5, 0.6) is 5.75 Å². The summed E-state index contributed by atoms with van der Waals surface area (Å²) in [6, 6.07) is 4.09.